The van der Waals surface area contributed by atoms with Gasteiger partial charge >= 0.3 is 0 Å². The lowest BCUT2D eigenvalue weighted by Gasteiger charge is -2.03. The Balaban J connectivity index is 3.55. The average molecular weight is 128 g/mol. The Morgan fingerprint density at radius 3 is 2.44 bits per heavy atom. The molecule has 0 aliphatic heterocycles. The zero-order valence-electron chi connectivity index (χ0n) is 6.77. The molecule has 0 radical (unpaired) electrons. The Labute approximate surface area is 57.7 Å². The molecule has 0 aromatic rings. The summed E-state index contributed by atoms with van der Waals surface area (Å²) in [5, 5.41) is 0. The van der Waals surface area contributed by atoms with Gasteiger partial charge in [-0.25, -0.2) is 0 Å². The summed E-state index contributed by atoms with van der Waals surface area (Å²) in [4.78, 5) is 0. The molecule has 0 aromatic carbocycles. The smallest absolute Gasteiger partial charge is 0.0891 e. The van der Waals surface area contributed by atoms with Crippen LogP contribution in [0, 0.1) is 5.92 Å². The van der Waals surface area contributed by atoms with E-state index in [9.17, 15) is 0 Å². The summed E-state index contributed by atoms with van der Waals surface area (Å²) >= 11 is 0. The molecular weight excluding hydrogens is 112 g/mol. The highest BCUT2D eigenvalue weighted by Crippen LogP contribution is 2.01. The van der Waals surface area contributed by atoms with Crippen LogP contribution in [0.15, 0.2) is 11.8 Å². The number of rotatable bonds is 3. The summed E-state index contributed by atoms with van der Waals surface area (Å²) in [6.45, 7) is 9.04. The molecule has 0 aliphatic carbocycles. The van der Waals surface area contributed by atoms with Crippen LogP contribution >= 0.6 is 0 Å². The van der Waals surface area contributed by atoms with Gasteiger partial charge in [-0.05, 0) is 25.8 Å². The molecule has 0 atom stereocenters. The topological polar surface area (TPSA) is 9.23 Å². The van der Waals surface area contributed by atoms with Crippen molar-refractivity contribution in [2.75, 3.05) is 6.61 Å². The Kier molecular flexibility index (Phi) is 4.20. The standard InChI is InChI=1S/C8H16O/c1-5-9-8(4)6-7(2)3/h6-7H,5H2,1-4H3/b8-6-. The largest absolute Gasteiger partial charge is 0.499 e. The van der Waals surface area contributed by atoms with E-state index in [4.69, 9.17) is 4.74 Å². The van der Waals surface area contributed by atoms with Gasteiger partial charge in [0.05, 0.1) is 12.4 Å². The van der Waals surface area contributed by atoms with E-state index in [1.165, 1.54) is 0 Å². The van der Waals surface area contributed by atoms with Crippen molar-refractivity contribution in [2.45, 2.75) is 27.7 Å². The number of allylic oxidation sites excluding steroid dienone is 2. The van der Waals surface area contributed by atoms with E-state index in [0.717, 1.165) is 12.4 Å². The second-order valence-corrected chi connectivity index (χ2v) is 2.45. The Bertz CT molecular complexity index is 92.7. The summed E-state index contributed by atoms with van der Waals surface area (Å²) in [5.41, 5.74) is 0. The van der Waals surface area contributed by atoms with E-state index >= 15 is 0 Å². The maximum absolute atomic E-state index is 5.21. The van der Waals surface area contributed by atoms with E-state index in [-0.39, 0.29) is 0 Å². The predicted molar refractivity (Wildman–Crippen MR) is 40.2 cm³/mol. The van der Waals surface area contributed by atoms with E-state index in [0.29, 0.717) is 5.92 Å². The van der Waals surface area contributed by atoms with Gasteiger partial charge in [0.15, 0.2) is 0 Å². The summed E-state index contributed by atoms with van der Waals surface area (Å²) < 4.78 is 5.21. The third-order valence-corrected chi connectivity index (χ3v) is 0.940. The van der Waals surface area contributed by atoms with Crippen LogP contribution in [-0.4, -0.2) is 6.61 Å². The van der Waals surface area contributed by atoms with Crippen molar-refractivity contribution in [1.82, 2.24) is 0 Å². The maximum atomic E-state index is 5.21. The van der Waals surface area contributed by atoms with E-state index in [2.05, 4.69) is 19.9 Å². The molecule has 1 nitrogen and oxygen atoms in total. The van der Waals surface area contributed by atoms with Crippen LogP contribution in [0.2, 0.25) is 0 Å². The number of hydrogen-bond acceptors (Lipinski definition) is 1. The lowest BCUT2D eigenvalue weighted by atomic mass is 10.2. The van der Waals surface area contributed by atoms with Crippen LogP contribution < -0.4 is 0 Å². The first-order valence-electron chi connectivity index (χ1n) is 3.48. The van der Waals surface area contributed by atoms with Gasteiger partial charge in [0.25, 0.3) is 0 Å². The molecule has 0 saturated heterocycles. The molecule has 0 bridgehead atoms. The van der Waals surface area contributed by atoms with E-state index in [1.54, 1.807) is 0 Å². The van der Waals surface area contributed by atoms with Gasteiger partial charge in [-0.3, -0.25) is 0 Å². The van der Waals surface area contributed by atoms with E-state index in [1.807, 2.05) is 13.8 Å². The van der Waals surface area contributed by atoms with Crippen LogP contribution in [0.5, 0.6) is 0 Å². The lowest BCUT2D eigenvalue weighted by Crippen LogP contribution is -1.89. The van der Waals surface area contributed by atoms with Crippen LogP contribution in [0.25, 0.3) is 0 Å². The lowest BCUT2D eigenvalue weighted by molar-refractivity contribution is 0.229. The van der Waals surface area contributed by atoms with Gasteiger partial charge in [-0.1, -0.05) is 13.8 Å². The molecule has 0 spiro atoms. The summed E-state index contributed by atoms with van der Waals surface area (Å²) in [7, 11) is 0. The van der Waals surface area contributed by atoms with Gasteiger partial charge < -0.3 is 4.74 Å². The molecule has 9 heavy (non-hydrogen) atoms. The van der Waals surface area contributed by atoms with Crippen molar-refractivity contribution in [3.05, 3.63) is 11.8 Å². The molecule has 0 fully saturated rings. The summed E-state index contributed by atoms with van der Waals surface area (Å²) in [5.74, 6) is 1.63. The molecule has 0 heterocycles. The van der Waals surface area contributed by atoms with E-state index < -0.39 is 0 Å². The van der Waals surface area contributed by atoms with Crippen molar-refractivity contribution < 1.29 is 4.74 Å². The van der Waals surface area contributed by atoms with Crippen molar-refractivity contribution in [2.24, 2.45) is 5.92 Å². The highest BCUT2D eigenvalue weighted by Gasteiger charge is 1.89. The van der Waals surface area contributed by atoms with Gasteiger partial charge in [0.2, 0.25) is 0 Å². The molecular formula is C8H16O. The van der Waals surface area contributed by atoms with Crippen molar-refractivity contribution in [3.63, 3.8) is 0 Å². The average Bonchev–Trinajstić information content (AvgIpc) is 1.63. The zero-order chi connectivity index (χ0) is 7.28. The first-order valence-corrected chi connectivity index (χ1v) is 3.48. The fourth-order valence-corrected chi connectivity index (χ4v) is 0.745. The van der Waals surface area contributed by atoms with Crippen LogP contribution in [0.4, 0.5) is 0 Å². The molecule has 0 rings (SSSR count). The molecule has 0 N–H and O–H groups in total. The minimum Gasteiger partial charge on any atom is -0.499 e. The summed E-state index contributed by atoms with van der Waals surface area (Å²) in [6, 6.07) is 0. The minimum absolute atomic E-state index is 0.594. The van der Waals surface area contributed by atoms with Gasteiger partial charge in [0, 0.05) is 0 Å². The molecule has 0 unspecified atom stereocenters. The van der Waals surface area contributed by atoms with Crippen LogP contribution in [-0.2, 0) is 4.74 Å². The van der Waals surface area contributed by atoms with Crippen molar-refractivity contribution >= 4 is 0 Å². The molecule has 0 aliphatic rings. The highest BCUT2D eigenvalue weighted by molar-refractivity contribution is 4.90. The first kappa shape index (κ1) is 8.54. The molecule has 0 saturated carbocycles. The Morgan fingerprint density at radius 1 is 1.56 bits per heavy atom. The second kappa shape index (κ2) is 4.42. The third-order valence-electron chi connectivity index (χ3n) is 0.940. The van der Waals surface area contributed by atoms with Crippen LogP contribution in [0.1, 0.15) is 27.7 Å². The Hall–Kier alpha value is -0.460. The maximum Gasteiger partial charge on any atom is 0.0891 e. The monoisotopic (exact) mass is 128 g/mol. The fourth-order valence-electron chi connectivity index (χ4n) is 0.745. The molecule has 0 amide bonds. The second-order valence-electron chi connectivity index (χ2n) is 2.45. The first-order chi connectivity index (χ1) is 4.16. The third kappa shape index (κ3) is 5.41. The fraction of sp³-hybridized carbons (Fsp3) is 0.750. The normalized spacial score (nSPS) is 12.3. The van der Waals surface area contributed by atoms with Gasteiger partial charge in [-0.15, -0.1) is 0 Å². The quantitative estimate of drug-likeness (QED) is 0.531. The highest BCUT2D eigenvalue weighted by atomic mass is 16.5. The molecule has 0 aromatic heterocycles. The van der Waals surface area contributed by atoms with Gasteiger partial charge in [-0.2, -0.15) is 0 Å². The minimum atomic E-state index is 0.594. The summed E-state index contributed by atoms with van der Waals surface area (Å²) in [6.07, 6.45) is 2.11. The van der Waals surface area contributed by atoms with Crippen LogP contribution in [0.3, 0.4) is 0 Å². The zero-order valence-corrected chi connectivity index (χ0v) is 6.77. The number of ether oxygens (including phenoxy) is 1. The van der Waals surface area contributed by atoms with Crippen molar-refractivity contribution in [3.8, 4) is 0 Å². The SMILES string of the molecule is CCO/C(C)=C\C(C)C. The molecule has 1 heteroatoms. The van der Waals surface area contributed by atoms with Gasteiger partial charge in [0.1, 0.15) is 0 Å². The Morgan fingerprint density at radius 2 is 2.11 bits per heavy atom. The molecule has 54 valence electrons. The predicted octanol–water partition coefficient (Wildman–Crippen LogP) is 2.58. The van der Waals surface area contributed by atoms with Crippen molar-refractivity contribution in [1.29, 1.82) is 0 Å². The number of hydrogen-bond donors (Lipinski definition) is 0.